The minimum atomic E-state index is -4.72. The Labute approximate surface area is 89.0 Å². The zero-order chi connectivity index (χ0) is 10.6. The molecule has 0 amide bonds. The van der Waals surface area contributed by atoms with Gasteiger partial charge in [0, 0.05) is 0 Å². The van der Waals surface area contributed by atoms with Crippen LogP contribution in [0.5, 0.6) is 0 Å². The molecular formula is C8H11AsO4S. The van der Waals surface area contributed by atoms with E-state index < -0.39 is 14.2 Å². The summed E-state index contributed by atoms with van der Waals surface area (Å²) in [6.45, 7) is 0.0920. The van der Waals surface area contributed by atoms with Crippen LogP contribution in [0.1, 0.15) is 0 Å². The second-order valence-corrected chi connectivity index (χ2v) is 7.14. The Kier molecular flexibility index (Phi) is 4.28. The van der Waals surface area contributed by atoms with Gasteiger partial charge in [0.25, 0.3) is 0 Å². The first-order valence-corrected chi connectivity index (χ1v) is 8.31. The van der Waals surface area contributed by atoms with Crippen molar-refractivity contribution in [3.63, 3.8) is 0 Å². The van der Waals surface area contributed by atoms with E-state index in [-0.39, 0.29) is 11.0 Å². The Balaban J connectivity index is 2.74. The van der Waals surface area contributed by atoms with Gasteiger partial charge >= 0.3 is 88.8 Å². The van der Waals surface area contributed by atoms with Gasteiger partial charge in [-0.3, -0.25) is 0 Å². The number of aliphatic hydroxyl groups is 1. The second-order valence-electron chi connectivity index (χ2n) is 2.61. The van der Waals surface area contributed by atoms with Gasteiger partial charge in [0.1, 0.15) is 0 Å². The summed E-state index contributed by atoms with van der Waals surface area (Å²) in [6.07, 6.45) is 0. The van der Waals surface area contributed by atoms with Crippen molar-refractivity contribution in [1.29, 1.82) is 0 Å². The maximum absolute atomic E-state index is 10.9. The molecule has 1 aromatic rings. The van der Waals surface area contributed by atoms with E-state index in [1.165, 1.54) is 23.9 Å². The Morgan fingerprint density at radius 1 is 1.21 bits per heavy atom. The second kappa shape index (κ2) is 5.05. The van der Waals surface area contributed by atoms with Gasteiger partial charge in [0.05, 0.1) is 0 Å². The predicted molar refractivity (Wildman–Crippen MR) is 54.8 cm³/mol. The summed E-state index contributed by atoms with van der Waals surface area (Å²) < 4.78 is 28.7. The minimum absolute atomic E-state index is 0.0801. The van der Waals surface area contributed by atoms with Gasteiger partial charge in [0.15, 0.2) is 0 Å². The van der Waals surface area contributed by atoms with E-state index in [1.54, 1.807) is 12.1 Å². The third-order valence-electron chi connectivity index (χ3n) is 1.53. The molecule has 6 heteroatoms. The maximum atomic E-state index is 10.9. The van der Waals surface area contributed by atoms with Gasteiger partial charge in [-0.1, -0.05) is 0 Å². The van der Waals surface area contributed by atoms with Crippen LogP contribution in [0.4, 0.5) is 0 Å². The van der Waals surface area contributed by atoms with Crippen molar-refractivity contribution in [3.8, 4) is 0 Å². The average Bonchev–Trinajstić information content (AvgIpc) is 2.14. The Hall–Kier alpha value is -0.192. The number of rotatable bonds is 4. The topological polar surface area (TPSA) is 77.8 Å². The molecule has 0 aliphatic carbocycles. The molecule has 0 aromatic heterocycles. The summed E-state index contributed by atoms with van der Waals surface area (Å²) >= 11 is -3.28. The van der Waals surface area contributed by atoms with Crippen molar-refractivity contribution in [3.05, 3.63) is 24.3 Å². The SMILES string of the molecule is O=[As](O)(O)c1ccc(SCCO)cc1. The van der Waals surface area contributed by atoms with Crippen molar-refractivity contribution >= 4 is 30.3 Å². The summed E-state index contributed by atoms with van der Waals surface area (Å²) in [5, 5.41) is 8.57. The van der Waals surface area contributed by atoms with Crippen molar-refractivity contribution in [2.45, 2.75) is 4.90 Å². The standard InChI is InChI=1S/C8H11AsO4S/c10-5-6-14-8-3-1-7(2-4-8)9(11,12)13/h1-4,10H,5-6H2,(H2,11,12,13). The number of benzene rings is 1. The van der Waals surface area contributed by atoms with Gasteiger partial charge in [0.2, 0.25) is 0 Å². The van der Waals surface area contributed by atoms with Crippen LogP contribution >= 0.6 is 11.8 Å². The summed E-state index contributed by atoms with van der Waals surface area (Å²) in [7, 11) is 0. The summed E-state index contributed by atoms with van der Waals surface area (Å²) in [5.41, 5.74) is 0. The van der Waals surface area contributed by atoms with Crippen LogP contribution in [0.3, 0.4) is 0 Å². The number of aliphatic hydroxyl groups excluding tert-OH is 1. The van der Waals surface area contributed by atoms with Gasteiger partial charge in [-0.15, -0.1) is 0 Å². The van der Waals surface area contributed by atoms with E-state index in [0.29, 0.717) is 5.75 Å². The van der Waals surface area contributed by atoms with Crippen LogP contribution in [0.25, 0.3) is 0 Å². The van der Waals surface area contributed by atoms with Gasteiger partial charge in [-0.25, -0.2) is 0 Å². The van der Waals surface area contributed by atoms with Gasteiger partial charge < -0.3 is 0 Å². The number of hydrogen-bond acceptors (Lipinski definition) is 3. The average molecular weight is 278 g/mol. The summed E-state index contributed by atoms with van der Waals surface area (Å²) in [6, 6.07) is 6.16. The molecule has 0 saturated carbocycles. The van der Waals surface area contributed by atoms with E-state index in [2.05, 4.69) is 0 Å². The molecule has 14 heavy (non-hydrogen) atoms. The molecule has 0 bridgehead atoms. The fourth-order valence-corrected chi connectivity index (χ4v) is 2.68. The first-order chi connectivity index (χ1) is 6.54. The molecular weight excluding hydrogens is 267 g/mol. The molecule has 0 aliphatic rings. The number of thioether (sulfide) groups is 1. The van der Waals surface area contributed by atoms with E-state index in [9.17, 15) is 3.74 Å². The van der Waals surface area contributed by atoms with E-state index in [0.717, 1.165) is 4.90 Å². The molecule has 0 heterocycles. The molecule has 1 rings (SSSR count). The third kappa shape index (κ3) is 3.52. The number of hydrogen-bond donors (Lipinski definition) is 3. The normalized spacial score (nSPS) is 11.6. The van der Waals surface area contributed by atoms with Gasteiger partial charge in [-0.05, 0) is 0 Å². The molecule has 0 fully saturated rings. The van der Waals surface area contributed by atoms with Crippen LogP contribution in [0.15, 0.2) is 29.2 Å². The molecule has 1 aromatic carbocycles. The summed E-state index contributed by atoms with van der Waals surface area (Å²) in [5.74, 6) is 0.584. The van der Waals surface area contributed by atoms with Crippen LogP contribution in [0.2, 0.25) is 0 Å². The Morgan fingerprint density at radius 3 is 2.21 bits per heavy atom. The Morgan fingerprint density at radius 2 is 1.79 bits per heavy atom. The fourth-order valence-electron chi connectivity index (χ4n) is 0.900. The molecule has 4 nitrogen and oxygen atoms in total. The third-order valence-corrected chi connectivity index (χ3v) is 4.56. The fraction of sp³-hybridized carbons (Fsp3) is 0.250. The first-order valence-electron chi connectivity index (χ1n) is 3.94. The molecule has 78 valence electrons. The molecule has 3 N–H and O–H groups in total. The van der Waals surface area contributed by atoms with Crippen LogP contribution in [-0.4, -0.2) is 39.8 Å². The monoisotopic (exact) mass is 278 g/mol. The van der Waals surface area contributed by atoms with Crippen molar-refractivity contribution in [2.75, 3.05) is 12.4 Å². The molecule has 0 saturated heterocycles. The van der Waals surface area contributed by atoms with Crippen LogP contribution in [0, 0.1) is 0 Å². The summed E-state index contributed by atoms with van der Waals surface area (Å²) in [4.78, 5) is 0.895. The van der Waals surface area contributed by atoms with Crippen molar-refractivity contribution < 1.29 is 17.0 Å². The first kappa shape index (κ1) is 11.9. The van der Waals surface area contributed by atoms with Gasteiger partial charge in [-0.2, -0.15) is 0 Å². The molecule has 0 radical (unpaired) electrons. The van der Waals surface area contributed by atoms with E-state index in [1.807, 2.05) is 0 Å². The van der Waals surface area contributed by atoms with E-state index in [4.69, 9.17) is 13.3 Å². The zero-order valence-electron chi connectivity index (χ0n) is 7.33. The van der Waals surface area contributed by atoms with E-state index >= 15 is 0 Å². The molecule has 0 unspecified atom stereocenters. The molecule has 0 aliphatic heterocycles. The predicted octanol–water partition coefficient (Wildman–Crippen LogP) is -0.668. The van der Waals surface area contributed by atoms with Crippen LogP contribution in [-0.2, 0) is 3.74 Å². The molecule has 0 spiro atoms. The quantitative estimate of drug-likeness (QED) is 0.503. The molecule has 0 atom stereocenters. The van der Waals surface area contributed by atoms with Crippen molar-refractivity contribution in [2.24, 2.45) is 0 Å². The zero-order valence-corrected chi connectivity index (χ0v) is 10.0. The Bertz CT molecular complexity index is 332. The van der Waals surface area contributed by atoms with Crippen LogP contribution < -0.4 is 4.35 Å². The van der Waals surface area contributed by atoms with Crippen molar-refractivity contribution in [1.82, 2.24) is 0 Å².